The quantitative estimate of drug-likeness (QED) is 0.498. The van der Waals surface area contributed by atoms with Gasteiger partial charge in [-0.25, -0.2) is 9.59 Å². The molecule has 0 bridgehead atoms. The molecule has 7 nitrogen and oxygen atoms in total. The number of amides is 2. The van der Waals surface area contributed by atoms with Gasteiger partial charge in [0.2, 0.25) is 5.91 Å². The zero-order chi connectivity index (χ0) is 24.0. The minimum Gasteiger partial charge on any atom is -0.480 e. The number of carboxylic acid groups (broad SMARTS) is 1. The van der Waals surface area contributed by atoms with Gasteiger partial charge in [-0.05, 0) is 41.0 Å². The van der Waals surface area contributed by atoms with Crippen molar-refractivity contribution in [2.45, 2.75) is 58.0 Å². The SMILES string of the molecule is CCC(CC(=O)N[C@H](CC(C)C)C(=O)O)NC(=O)OCC1c2ccccc2-c2ccccc21. The van der Waals surface area contributed by atoms with Crippen LogP contribution in [0, 0.1) is 5.92 Å². The summed E-state index contributed by atoms with van der Waals surface area (Å²) in [6, 6.07) is 14.8. The van der Waals surface area contributed by atoms with Crippen molar-refractivity contribution in [3.63, 3.8) is 0 Å². The van der Waals surface area contributed by atoms with E-state index >= 15 is 0 Å². The predicted octanol–water partition coefficient (Wildman–Crippen LogP) is 4.31. The lowest BCUT2D eigenvalue weighted by molar-refractivity contribution is -0.142. The molecule has 2 aromatic carbocycles. The molecule has 3 rings (SSSR count). The van der Waals surface area contributed by atoms with E-state index in [4.69, 9.17) is 4.74 Å². The van der Waals surface area contributed by atoms with Crippen LogP contribution in [0.25, 0.3) is 11.1 Å². The van der Waals surface area contributed by atoms with Gasteiger partial charge in [0.05, 0.1) is 0 Å². The molecule has 7 heteroatoms. The summed E-state index contributed by atoms with van der Waals surface area (Å²) in [7, 11) is 0. The highest BCUT2D eigenvalue weighted by Crippen LogP contribution is 2.44. The molecule has 0 saturated heterocycles. The first-order valence-electron chi connectivity index (χ1n) is 11.4. The Hall–Kier alpha value is -3.35. The van der Waals surface area contributed by atoms with Crippen LogP contribution in [0.2, 0.25) is 0 Å². The number of benzene rings is 2. The molecule has 33 heavy (non-hydrogen) atoms. The monoisotopic (exact) mass is 452 g/mol. The Balaban J connectivity index is 1.55. The summed E-state index contributed by atoms with van der Waals surface area (Å²) in [5.74, 6) is -1.38. The van der Waals surface area contributed by atoms with Crippen LogP contribution in [0.4, 0.5) is 4.79 Å². The molecule has 0 aromatic heterocycles. The van der Waals surface area contributed by atoms with Gasteiger partial charge >= 0.3 is 12.1 Å². The van der Waals surface area contributed by atoms with Gasteiger partial charge in [0, 0.05) is 18.4 Å². The van der Waals surface area contributed by atoms with Crippen molar-refractivity contribution < 1.29 is 24.2 Å². The molecule has 1 aliphatic carbocycles. The van der Waals surface area contributed by atoms with E-state index in [1.165, 1.54) is 0 Å². The van der Waals surface area contributed by atoms with Gasteiger partial charge in [-0.15, -0.1) is 0 Å². The Morgan fingerprint density at radius 1 is 0.970 bits per heavy atom. The Bertz CT molecular complexity index is 958. The number of carbonyl (C=O) groups is 3. The Kier molecular flexibility index (Phi) is 8.09. The normalized spacial score (nSPS) is 14.2. The van der Waals surface area contributed by atoms with Gasteiger partial charge in [-0.2, -0.15) is 0 Å². The summed E-state index contributed by atoms with van der Waals surface area (Å²) in [5.41, 5.74) is 4.56. The third-order valence-electron chi connectivity index (χ3n) is 5.93. The molecule has 2 aromatic rings. The van der Waals surface area contributed by atoms with Crippen LogP contribution in [0.3, 0.4) is 0 Å². The molecule has 0 radical (unpaired) electrons. The van der Waals surface area contributed by atoms with Gasteiger partial charge in [0.15, 0.2) is 0 Å². The maximum atomic E-state index is 12.5. The molecule has 176 valence electrons. The number of rotatable bonds is 10. The largest absolute Gasteiger partial charge is 0.480 e. The Labute approximate surface area is 194 Å². The van der Waals surface area contributed by atoms with E-state index in [0.29, 0.717) is 12.8 Å². The molecule has 2 amide bonds. The third-order valence-corrected chi connectivity index (χ3v) is 5.93. The van der Waals surface area contributed by atoms with Gasteiger partial charge in [0.1, 0.15) is 12.6 Å². The number of fused-ring (bicyclic) bond motifs is 3. The second-order valence-corrected chi connectivity index (χ2v) is 8.87. The third kappa shape index (κ3) is 6.12. The average molecular weight is 453 g/mol. The molecule has 0 spiro atoms. The number of carbonyl (C=O) groups excluding carboxylic acids is 2. The van der Waals surface area contributed by atoms with Crippen molar-refractivity contribution in [2.75, 3.05) is 6.61 Å². The van der Waals surface area contributed by atoms with E-state index < -0.39 is 30.1 Å². The zero-order valence-electron chi connectivity index (χ0n) is 19.3. The topological polar surface area (TPSA) is 105 Å². The van der Waals surface area contributed by atoms with E-state index in [0.717, 1.165) is 22.3 Å². The van der Waals surface area contributed by atoms with Crippen molar-refractivity contribution in [1.29, 1.82) is 0 Å². The Morgan fingerprint density at radius 3 is 2.06 bits per heavy atom. The zero-order valence-corrected chi connectivity index (χ0v) is 19.3. The molecule has 0 aliphatic heterocycles. The molecule has 2 atom stereocenters. The van der Waals surface area contributed by atoms with Crippen LogP contribution < -0.4 is 10.6 Å². The fourth-order valence-electron chi connectivity index (χ4n) is 4.27. The summed E-state index contributed by atoms with van der Waals surface area (Å²) in [6.45, 7) is 5.84. The molecule has 0 fully saturated rings. The number of aliphatic carboxylic acids is 1. The van der Waals surface area contributed by atoms with Crippen LogP contribution >= 0.6 is 0 Å². The van der Waals surface area contributed by atoms with Crippen LogP contribution in [0.15, 0.2) is 48.5 Å². The number of nitrogens with one attached hydrogen (secondary N) is 2. The van der Waals surface area contributed by atoms with Crippen molar-refractivity contribution >= 4 is 18.0 Å². The van der Waals surface area contributed by atoms with E-state index in [1.54, 1.807) is 0 Å². The molecule has 1 aliphatic rings. The molecule has 3 N–H and O–H groups in total. The second-order valence-electron chi connectivity index (χ2n) is 8.87. The summed E-state index contributed by atoms with van der Waals surface area (Å²) in [6.07, 6.45) is 0.258. The second kappa shape index (κ2) is 11.0. The van der Waals surface area contributed by atoms with E-state index in [2.05, 4.69) is 34.9 Å². The van der Waals surface area contributed by atoms with E-state index in [1.807, 2.05) is 45.0 Å². The molecular weight excluding hydrogens is 420 g/mol. The van der Waals surface area contributed by atoms with Gasteiger partial charge < -0.3 is 20.5 Å². The number of hydrogen-bond donors (Lipinski definition) is 3. The number of alkyl carbamates (subject to hydrolysis) is 1. The first-order chi connectivity index (χ1) is 15.8. The lowest BCUT2D eigenvalue weighted by atomic mass is 9.98. The number of ether oxygens (including phenoxy) is 1. The molecule has 1 unspecified atom stereocenters. The highest BCUT2D eigenvalue weighted by Gasteiger charge is 2.29. The minimum absolute atomic E-state index is 0.0113. The number of hydrogen-bond acceptors (Lipinski definition) is 4. The molecule has 0 saturated carbocycles. The summed E-state index contributed by atoms with van der Waals surface area (Å²) in [5, 5.41) is 14.6. The first kappa shape index (κ1) is 24.3. The number of carboxylic acids is 1. The Morgan fingerprint density at radius 2 is 1.55 bits per heavy atom. The van der Waals surface area contributed by atoms with Crippen LogP contribution in [-0.2, 0) is 14.3 Å². The van der Waals surface area contributed by atoms with Crippen molar-refractivity contribution in [2.24, 2.45) is 5.92 Å². The smallest absolute Gasteiger partial charge is 0.407 e. The van der Waals surface area contributed by atoms with Gasteiger partial charge in [-0.1, -0.05) is 69.3 Å². The van der Waals surface area contributed by atoms with Crippen molar-refractivity contribution in [3.8, 4) is 11.1 Å². The van der Waals surface area contributed by atoms with Gasteiger partial charge in [0.25, 0.3) is 0 Å². The maximum absolute atomic E-state index is 12.5. The lowest BCUT2D eigenvalue weighted by Gasteiger charge is -2.20. The lowest BCUT2D eigenvalue weighted by Crippen LogP contribution is -2.45. The van der Waals surface area contributed by atoms with Gasteiger partial charge in [-0.3, -0.25) is 4.79 Å². The molecule has 0 heterocycles. The fraction of sp³-hybridized carbons (Fsp3) is 0.423. The standard InChI is InChI=1S/C26H32N2O5/c1-4-17(14-24(29)28-23(25(30)31)13-16(2)3)27-26(32)33-15-22-20-11-7-5-9-18(20)19-10-6-8-12-21(19)22/h5-12,16-17,22-23H,4,13-15H2,1-3H3,(H,27,32)(H,28,29)(H,30,31)/t17?,23-/m1/s1. The maximum Gasteiger partial charge on any atom is 0.407 e. The summed E-state index contributed by atoms with van der Waals surface area (Å²) >= 11 is 0. The molecular formula is C26H32N2O5. The highest BCUT2D eigenvalue weighted by molar-refractivity contribution is 5.84. The summed E-state index contributed by atoms with van der Waals surface area (Å²) < 4.78 is 5.55. The average Bonchev–Trinajstić information content (AvgIpc) is 3.10. The highest BCUT2D eigenvalue weighted by atomic mass is 16.5. The fourth-order valence-corrected chi connectivity index (χ4v) is 4.27. The van der Waals surface area contributed by atoms with Crippen molar-refractivity contribution in [1.82, 2.24) is 10.6 Å². The van der Waals surface area contributed by atoms with E-state index in [-0.39, 0.29) is 24.9 Å². The van der Waals surface area contributed by atoms with E-state index in [9.17, 15) is 19.5 Å². The summed E-state index contributed by atoms with van der Waals surface area (Å²) in [4.78, 5) is 36.2. The van der Waals surface area contributed by atoms with Crippen LogP contribution in [-0.4, -0.2) is 41.8 Å². The predicted molar refractivity (Wildman–Crippen MR) is 126 cm³/mol. The first-order valence-corrected chi connectivity index (χ1v) is 11.4. The van der Waals surface area contributed by atoms with Crippen LogP contribution in [0.5, 0.6) is 0 Å². The van der Waals surface area contributed by atoms with Crippen LogP contribution in [0.1, 0.15) is 57.1 Å². The van der Waals surface area contributed by atoms with Crippen molar-refractivity contribution in [3.05, 3.63) is 59.7 Å². The minimum atomic E-state index is -1.06.